The Morgan fingerprint density at radius 1 is 1.47 bits per heavy atom. The van der Waals surface area contributed by atoms with Crippen LogP contribution in [0.5, 0.6) is 0 Å². The Morgan fingerprint density at radius 3 is 3.00 bits per heavy atom. The Balaban J connectivity index is 2.04. The maximum absolute atomic E-state index is 4.25. The number of hydrogen-bond donors (Lipinski definition) is 2. The molecule has 1 atom stereocenters. The first-order chi connectivity index (χ1) is 7.25. The first-order valence-electron chi connectivity index (χ1n) is 5.55. The van der Waals surface area contributed by atoms with E-state index in [1.54, 1.807) is 6.33 Å². The lowest BCUT2D eigenvalue weighted by Crippen LogP contribution is -2.22. The molecule has 1 aromatic rings. The zero-order valence-corrected chi connectivity index (χ0v) is 9.33. The number of aromatic nitrogens is 2. The highest BCUT2D eigenvalue weighted by atomic mass is 15.1. The van der Waals surface area contributed by atoms with Crippen molar-refractivity contribution in [1.82, 2.24) is 15.3 Å². The fourth-order valence-electron chi connectivity index (χ4n) is 1.75. The molecular formula is C11H18N4. The summed E-state index contributed by atoms with van der Waals surface area (Å²) in [5.74, 6) is 1.40. The third-order valence-corrected chi connectivity index (χ3v) is 2.69. The highest BCUT2D eigenvalue weighted by Gasteiger charge is 2.14. The zero-order chi connectivity index (χ0) is 10.7. The van der Waals surface area contributed by atoms with Gasteiger partial charge in [0.1, 0.15) is 12.1 Å². The van der Waals surface area contributed by atoms with Crippen LogP contribution >= 0.6 is 0 Å². The van der Waals surface area contributed by atoms with Crippen molar-refractivity contribution in [3.05, 3.63) is 18.1 Å². The molecule has 1 saturated heterocycles. The predicted octanol–water partition coefficient (Wildman–Crippen LogP) is 1.37. The first kappa shape index (κ1) is 10.4. The Bertz CT molecular complexity index is 318. The molecule has 0 bridgehead atoms. The standard InChI is InChI=1S/C11H18N4/c1-8(2)10-5-11(14-7-13-10)15-9-3-4-12-6-9/h5,7-9,12H,3-4,6H2,1-2H3,(H,13,14,15). The molecule has 82 valence electrons. The maximum atomic E-state index is 4.25. The molecule has 2 heterocycles. The molecule has 0 saturated carbocycles. The summed E-state index contributed by atoms with van der Waals surface area (Å²) in [7, 11) is 0. The van der Waals surface area contributed by atoms with E-state index in [1.165, 1.54) is 6.42 Å². The molecule has 0 spiro atoms. The highest BCUT2D eigenvalue weighted by Crippen LogP contribution is 2.15. The topological polar surface area (TPSA) is 49.8 Å². The lowest BCUT2D eigenvalue weighted by Gasteiger charge is -2.13. The summed E-state index contributed by atoms with van der Waals surface area (Å²) < 4.78 is 0. The quantitative estimate of drug-likeness (QED) is 0.784. The number of nitrogens with zero attached hydrogens (tertiary/aromatic N) is 2. The fraction of sp³-hybridized carbons (Fsp3) is 0.636. The summed E-state index contributed by atoms with van der Waals surface area (Å²) >= 11 is 0. The Morgan fingerprint density at radius 2 is 2.33 bits per heavy atom. The molecule has 2 N–H and O–H groups in total. The van der Waals surface area contributed by atoms with Crippen LogP contribution in [-0.4, -0.2) is 29.1 Å². The lowest BCUT2D eigenvalue weighted by atomic mass is 10.1. The summed E-state index contributed by atoms with van der Waals surface area (Å²) in [6.45, 7) is 6.41. The van der Waals surface area contributed by atoms with Gasteiger partial charge in [-0.1, -0.05) is 13.8 Å². The largest absolute Gasteiger partial charge is 0.366 e. The van der Waals surface area contributed by atoms with E-state index in [-0.39, 0.29) is 0 Å². The number of hydrogen-bond acceptors (Lipinski definition) is 4. The van der Waals surface area contributed by atoms with E-state index in [4.69, 9.17) is 0 Å². The van der Waals surface area contributed by atoms with Gasteiger partial charge < -0.3 is 10.6 Å². The van der Waals surface area contributed by atoms with Crippen LogP contribution in [0.3, 0.4) is 0 Å². The van der Waals surface area contributed by atoms with Crippen molar-refractivity contribution in [2.24, 2.45) is 0 Å². The Hall–Kier alpha value is -1.16. The summed E-state index contributed by atoms with van der Waals surface area (Å²) in [6.07, 6.45) is 2.81. The minimum absolute atomic E-state index is 0.454. The molecule has 4 heteroatoms. The molecule has 0 aromatic carbocycles. The van der Waals surface area contributed by atoms with Crippen molar-refractivity contribution in [1.29, 1.82) is 0 Å². The average molecular weight is 206 g/mol. The minimum atomic E-state index is 0.454. The summed E-state index contributed by atoms with van der Waals surface area (Å²) in [5, 5.41) is 6.75. The van der Waals surface area contributed by atoms with Crippen LogP contribution in [0.1, 0.15) is 31.9 Å². The van der Waals surface area contributed by atoms with Crippen molar-refractivity contribution in [2.45, 2.75) is 32.2 Å². The van der Waals surface area contributed by atoms with E-state index in [0.717, 1.165) is 24.6 Å². The monoisotopic (exact) mass is 206 g/mol. The van der Waals surface area contributed by atoms with Crippen LogP contribution in [0.25, 0.3) is 0 Å². The predicted molar refractivity (Wildman–Crippen MR) is 61.0 cm³/mol. The Kier molecular flexibility index (Phi) is 3.16. The highest BCUT2D eigenvalue weighted by molar-refractivity contribution is 5.37. The van der Waals surface area contributed by atoms with E-state index >= 15 is 0 Å². The van der Waals surface area contributed by atoms with Crippen LogP contribution in [0.15, 0.2) is 12.4 Å². The fourth-order valence-corrected chi connectivity index (χ4v) is 1.75. The van der Waals surface area contributed by atoms with Gasteiger partial charge in [0.25, 0.3) is 0 Å². The molecule has 0 aliphatic carbocycles. The molecule has 1 aromatic heterocycles. The Labute approximate surface area is 90.5 Å². The number of rotatable bonds is 3. The molecule has 1 fully saturated rings. The molecule has 2 rings (SSSR count). The van der Waals surface area contributed by atoms with Gasteiger partial charge in [0, 0.05) is 24.3 Å². The van der Waals surface area contributed by atoms with Crippen LogP contribution in [0.4, 0.5) is 5.82 Å². The van der Waals surface area contributed by atoms with Crippen molar-refractivity contribution in [3.63, 3.8) is 0 Å². The molecule has 0 radical (unpaired) electrons. The van der Waals surface area contributed by atoms with E-state index in [1.807, 2.05) is 6.07 Å². The maximum Gasteiger partial charge on any atom is 0.129 e. The van der Waals surface area contributed by atoms with Crippen molar-refractivity contribution in [3.8, 4) is 0 Å². The van der Waals surface area contributed by atoms with Gasteiger partial charge in [-0.3, -0.25) is 0 Å². The minimum Gasteiger partial charge on any atom is -0.366 e. The first-order valence-corrected chi connectivity index (χ1v) is 5.55. The van der Waals surface area contributed by atoms with Crippen molar-refractivity contribution < 1.29 is 0 Å². The van der Waals surface area contributed by atoms with Crippen LogP contribution in [-0.2, 0) is 0 Å². The number of anilines is 1. The molecule has 0 amide bonds. The van der Waals surface area contributed by atoms with E-state index in [9.17, 15) is 0 Å². The molecular weight excluding hydrogens is 188 g/mol. The van der Waals surface area contributed by atoms with E-state index in [0.29, 0.717) is 12.0 Å². The van der Waals surface area contributed by atoms with Crippen LogP contribution in [0, 0.1) is 0 Å². The van der Waals surface area contributed by atoms with Gasteiger partial charge in [0.2, 0.25) is 0 Å². The van der Waals surface area contributed by atoms with Gasteiger partial charge in [0.15, 0.2) is 0 Å². The van der Waals surface area contributed by atoms with E-state index < -0.39 is 0 Å². The molecule has 1 aliphatic heterocycles. The van der Waals surface area contributed by atoms with Gasteiger partial charge in [0.05, 0.1) is 0 Å². The smallest absolute Gasteiger partial charge is 0.129 e. The van der Waals surface area contributed by atoms with Gasteiger partial charge in [-0.25, -0.2) is 9.97 Å². The number of nitrogens with one attached hydrogen (secondary N) is 2. The summed E-state index contributed by atoms with van der Waals surface area (Å²) in [5.41, 5.74) is 1.10. The third-order valence-electron chi connectivity index (χ3n) is 2.69. The molecule has 1 unspecified atom stereocenters. The van der Waals surface area contributed by atoms with Crippen molar-refractivity contribution >= 4 is 5.82 Å². The lowest BCUT2D eigenvalue weighted by molar-refractivity contribution is 0.777. The second-order valence-corrected chi connectivity index (χ2v) is 4.32. The molecule has 4 nitrogen and oxygen atoms in total. The second kappa shape index (κ2) is 4.57. The van der Waals surface area contributed by atoms with Crippen LogP contribution in [0.2, 0.25) is 0 Å². The average Bonchev–Trinajstić information content (AvgIpc) is 2.71. The third kappa shape index (κ3) is 2.65. The van der Waals surface area contributed by atoms with E-state index in [2.05, 4.69) is 34.4 Å². The van der Waals surface area contributed by atoms with Gasteiger partial charge in [-0.05, 0) is 18.9 Å². The van der Waals surface area contributed by atoms with Crippen LogP contribution < -0.4 is 10.6 Å². The van der Waals surface area contributed by atoms with Crippen molar-refractivity contribution in [2.75, 3.05) is 18.4 Å². The van der Waals surface area contributed by atoms with Gasteiger partial charge in [-0.15, -0.1) is 0 Å². The van der Waals surface area contributed by atoms with Gasteiger partial charge in [-0.2, -0.15) is 0 Å². The zero-order valence-electron chi connectivity index (χ0n) is 9.33. The summed E-state index contributed by atoms with van der Waals surface area (Å²) in [4.78, 5) is 8.48. The second-order valence-electron chi connectivity index (χ2n) is 4.32. The van der Waals surface area contributed by atoms with Gasteiger partial charge >= 0.3 is 0 Å². The normalized spacial score (nSPS) is 20.9. The molecule has 1 aliphatic rings. The molecule has 15 heavy (non-hydrogen) atoms. The SMILES string of the molecule is CC(C)c1cc(NC2CCNC2)ncn1. The summed E-state index contributed by atoms with van der Waals surface area (Å²) in [6, 6.07) is 2.56.